The highest BCUT2D eigenvalue weighted by Gasteiger charge is 2.26. The number of rotatable bonds is 4. The molecule has 0 bridgehead atoms. The highest BCUT2D eigenvalue weighted by Crippen LogP contribution is 2.19. The third-order valence-electron chi connectivity index (χ3n) is 2.17. The largest absolute Gasteiger partial charge is 0.329 e. The highest BCUT2D eigenvalue weighted by molar-refractivity contribution is 7.89. The monoisotopic (exact) mass is 232 g/mol. The average Bonchev–Trinajstić information content (AvgIpc) is 2.46. The molecule has 0 aliphatic heterocycles. The molecule has 0 saturated heterocycles. The van der Waals surface area contributed by atoms with E-state index in [0.717, 1.165) is 0 Å². The van der Waals surface area contributed by atoms with Gasteiger partial charge in [0, 0.05) is 20.1 Å². The quantitative estimate of drug-likeness (QED) is 0.739. The molecule has 0 fully saturated rings. The van der Waals surface area contributed by atoms with Crippen LogP contribution in [0.4, 0.5) is 0 Å². The van der Waals surface area contributed by atoms with Gasteiger partial charge in [0.2, 0.25) is 10.0 Å². The third kappa shape index (κ3) is 2.19. The van der Waals surface area contributed by atoms with Gasteiger partial charge in [-0.1, -0.05) is 0 Å². The number of hydrogen-bond acceptors (Lipinski definition) is 4. The number of nitrogens with zero attached hydrogens (tertiary/aromatic N) is 2. The molecule has 3 N–H and O–H groups in total. The molecule has 1 aromatic rings. The van der Waals surface area contributed by atoms with Gasteiger partial charge in [-0.05, 0) is 13.8 Å². The molecule has 7 heteroatoms. The Morgan fingerprint density at radius 2 is 2.07 bits per heavy atom. The Kier molecular flexibility index (Phi) is 3.48. The molecule has 6 nitrogen and oxygen atoms in total. The minimum absolute atomic E-state index is 0.249. The number of aromatic amines is 1. The summed E-state index contributed by atoms with van der Waals surface area (Å²) in [5.41, 5.74) is 6.36. The Morgan fingerprint density at radius 3 is 2.47 bits per heavy atom. The fraction of sp³-hybridized carbons (Fsp3) is 0.625. The average molecular weight is 232 g/mol. The topological polar surface area (TPSA) is 92.1 Å². The number of nitrogens with two attached hydrogens (primary N) is 1. The van der Waals surface area contributed by atoms with E-state index in [1.165, 1.54) is 11.4 Å². The van der Waals surface area contributed by atoms with Crippen molar-refractivity contribution in [2.45, 2.75) is 18.7 Å². The normalized spacial score (nSPS) is 12.3. The van der Waals surface area contributed by atoms with Crippen molar-refractivity contribution >= 4 is 10.0 Å². The maximum Gasteiger partial charge on any atom is 0.246 e. The molecule has 86 valence electrons. The second-order valence-corrected chi connectivity index (χ2v) is 5.36. The van der Waals surface area contributed by atoms with Crippen molar-refractivity contribution in [3.63, 3.8) is 0 Å². The molecule has 0 aromatic carbocycles. The van der Waals surface area contributed by atoms with Gasteiger partial charge in [0.15, 0.2) is 0 Å². The second-order valence-electron chi connectivity index (χ2n) is 3.38. The lowest BCUT2D eigenvalue weighted by Gasteiger charge is -2.15. The Labute approximate surface area is 89.5 Å². The van der Waals surface area contributed by atoms with Crippen LogP contribution >= 0.6 is 0 Å². The van der Waals surface area contributed by atoms with E-state index in [1.54, 1.807) is 13.8 Å². The predicted octanol–water partition coefficient (Wildman–Crippen LogP) is -0.394. The summed E-state index contributed by atoms with van der Waals surface area (Å²) in [6, 6.07) is 0. The number of likely N-dealkylation sites (N-methyl/N-ethyl adjacent to an activating group) is 1. The molecule has 1 heterocycles. The Morgan fingerprint density at radius 1 is 1.47 bits per heavy atom. The van der Waals surface area contributed by atoms with E-state index in [4.69, 9.17) is 5.73 Å². The van der Waals surface area contributed by atoms with Gasteiger partial charge < -0.3 is 5.73 Å². The minimum Gasteiger partial charge on any atom is -0.329 e. The van der Waals surface area contributed by atoms with Gasteiger partial charge in [0.05, 0.1) is 11.4 Å². The van der Waals surface area contributed by atoms with E-state index >= 15 is 0 Å². The molecule has 1 aromatic heterocycles. The zero-order valence-electron chi connectivity index (χ0n) is 9.11. The Balaban J connectivity index is 3.17. The number of hydrogen-bond donors (Lipinski definition) is 2. The van der Waals surface area contributed by atoms with E-state index in [9.17, 15) is 8.42 Å². The van der Waals surface area contributed by atoms with Crippen molar-refractivity contribution < 1.29 is 8.42 Å². The van der Waals surface area contributed by atoms with Gasteiger partial charge >= 0.3 is 0 Å². The standard InChI is InChI=1S/C8H16N4O2S/c1-6-8(7(2)11-10-6)15(13,14)12(3)5-4-9/h4-5,9H2,1-3H3,(H,10,11). The van der Waals surface area contributed by atoms with Crippen LogP contribution in [0.15, 0.2) is 4.90 Å². The summed E-state index contributed by atoms with van der Waals surface area (Å²) in [5.74, 6) is 0. The molecule has 0 aliphatic carbocycles. The second kappa shape index (κ2) is 4.30. The molecular weight excluding hydrogens is 216 g/mol. The first-order valence-electron chi connectivity index (χ1n) is 4.59. The summed E-state index contributed by atoms with van der Waals surface area (Å²) in [7, 11) is -1.95. The lowest BCUT2D eigenvalue weighted by Crippen LogP contribution is -2.32. The van der Waals surface area contributed by atoms with E-state index in [2.05, 4.69) is 10.2 Å². The van der Waals surface area contributed by atoms with Crippen molar-refractivity contribution in [2.24, 2.45) is 5.73 Å². The summed E-state index contributed by atoms with van der Waals surface area (Å²) in [5, 5.41) is 6.52. The number of nitrogens with one attached hydrogen (secondary N) is 1. The van der Waals surface area contributed by atoms with Crippen LogP contribution in [0.2, 0.25) is 0 Å². The van der Waals surface area contributed by atoms with Crippen LogP contribution in [0.5, 0.6) is 0 Å². The van der Waals surface area contributed by atoms with E-state index in [-0.39, 0.29) is 4.90 Å². The van der Waals surface area contributed by atoms with Gasteiger partial charge in [-0.2, -0.15) is 9.40 Å². The van der Waals surface area contributed by atoms with Crippen molar-refractivity contribution in [2.75, 3.05) is 20.1 Å². The van der Waals surface area contributed by atoms with Gasteiger partial charge in [0.25, 0.3) is 0 Å². The maximum atomic E-state index is 12.0. The van der Waals surface area contributed by atoms with Crippen LogP contribution in [-0.2, 0) is 10.0 Å². The third-order valence-corrected chi connectivity index (χ3v) is 4.29. The highest BCUT2D eigenvalue weighted by atomic mass is 32.2. The van der Waals surface area contributed by atoms with E-state index in [0.29, 0.717) is 24.5 Å². The van der Waals surface area contributed by atoms with Gasteiger partial charge in [-0.25, -0.2) is 8.42 Å². The van der Waals surface area contributed by atoms with Crippen LogP contribution in [0.25, 0.3) is 0 Å². The van der Waals surface area contributed by atoms with Crippen LogP contribution in [0.1, 0.15) is 11.4 Å². The fourth-order valence-electron chi connectivity index (χ4n) is 1.38. The summed E-state index contributed by atoms with van der Waals surface area (Å²) < 4.78 is 25.3. The number of H-pyrrole nitrogens is 1. The molecule has 0 amide bonds. The summed E-state index contributed by atoms with van der Waals surface area (Å²) >= 11 is 0. The molecule has 0 atom stereocenters. The van der Waals surface area contributed by atoms with E-state index in [1.807, 2.05) is 0 Å². The number of aryl methyl sites for hydroxylation is 2. The lowest BCUT2D eigenvalue weighted by molar-refractivity contribution is 0.476. The number of sulfonamides is 1. The van der Waals surface area contributed by atoms with Crippen LogP contribution in [-0.4, -0.2) is 43.1 Å². The van der Waals surface area contributed by atoms with Crippen molar-refractivity contribution in [1.29, 1.82) is 0 Å². The zero-order chi connectivity index (χ0) is 11.6. The summed E-state index contributed by atoms with van der Waals surface area (Å²) in [6.07, 6.45) is 0. The van der Waals surface area contributed by atoms with Gasteiger partial charge in [-0.15, -0.1) is 0 Å². The SMILES string of the molecule is Cc1n[nH]c(C)c1S(=O)(=O)N(C)CCN. The van der Waals surface area contributed by atoms with Crippen LogP contribution in [0, 0.1) is 13.8 Å². The first-order valence-corrected chi connectivity index (χ1v) is 6.03. The van der Waals surface area contributed by atoms with Crippen LogP contribution in [0.3, 0.4) is 0 Å². The zero-order valence-corrected chi connectivity index (χ0v) is 9.93. The molecule has 0 saturated carbocycles. The predicted molar refractivity (Wildman–Crippen MR) is 56.9 cm³/mol. The minimum atomic E-state index is -3.46. The molecule has 15 heavy (non-hydrogen) atoms. The van der Waals surface area contributed by atoms with Gasteiger partial charge in [-0.3, -0.25) is 5.10 Å². The molecular formula is C8H16N4O2S. The summed E-state index contributed by atoms with van der Waals surface area (Å²) in [6.45, 7) is 3.94. The Hall–Kier alpha value is -0.920. The van der Waals surface area contributed by atoms with Crippen molar-refractivity contribution in [3.05, 3.63) is 11.4 Å². The molecule has 0 spiro atoms. The fourth-order valence-corrected chi connectivity index (χ4v) is 2.89. The smallest absolute Gasteiger partial charge is 0.246 e. The molecule has 0 radical (unpaired) electrons. The van der Waals surface area contributed by atoms with Crippen molar-refractivity contribution in [3.8, 4) is 0 Å². The maximum absolute atomic E-state index is 12.0. The first-order chi connectivity index (χ1) is 6.91. The number of aromatic nitrogens is 2. The molecule has 1 rings (SSSR count). The summed E-state index contributed by atoms with van der Waals surface area (Å²) in [4.78, 5) is 0.249. The Bertz CT molecular complexity index is 418. The van der Waals surface area contributed by atoms with Gasteiger partial charge in [0.1, 0.15) is 4.90 Å². The first kappa shape index (κ1) is 12.2. The van der Waals surface area contributed by atoms with Crippen molar-refractivity contribution in [1.82, 2.24) is 14.5 Å². The van der Waals surface area contributed by atoms with Crippen LogP contribution < -0.4 is 5.73 Å². The van der Waals surface area contributed by atoms with E-state index < -0.39 is 10.0 Å². The molecule has 0 unspecified atom stereocenters. The lowest BCUT2D eigenvalue weighted by atomic mass is 10.4. The molecule has 0 aliphatic rings.